The molecule has 1 aliphatic carbocycles. The Hall–Kier alpha value is -0.610. The van der Waals surface area contributed by atoms with Gasteiger partial charge in [0, 0.05) is 22.9 Å². The van der Waals surface area contributed by atoms with E-state index in [9.17, 15) is 0 Å². The zero-order valence-electron chi connectivity index (χ0n) is 11.0. The maximum atomic E-state index is 6.47. The molecule has 0 amide bonds. The predicted molar refractivity (Wildman–Crippen MR) is 75.3 cm³/mol. The summed E-state index contributed by atoms with van der Waals surface area (Å²) in [5.74, 6) is 0. The van der Waals surface area contributed by atoms with Crippen LogP contribution in [0.25, 0.3) is 0 Å². The van der Waals surface area contributed by atoms with Crippen LogP contribution in [0.1, 0.15) is 31.2 Å². The Labute approximate surface area is 119 Å². The molecule has 104 valence electrons. The van der Waals surface area contributed by atoms with Crippen LogP contribution in [0.3, 0.4) is 0 Å². The van der Waals surface area contributed by atoms with Crippen molar-refractivity contribution in [3.63, 3.8) is 0 Å². The van der Waals surface area contributed by atoms with Gasteiger partial charge in [-0.2, -0.15) is 0 Å². The summed E-state index contributed by atoms with van der Waals surface area (Å²) >= 11 is 5.97. The van der Waals surface area contributed by atoms with E-state index in [0.29, 0.717) is 13.2 Å². The second-order valence-electron chi connectivity index (χ2n) is 5.53. The standard InChI is InChI=1S/C15H20ClNO2/c16-12-4-2-11(3-5-12)15(6-1-7-15)13(17)10-14-18-8-9-19-14/h2-5,13-14H,1,6-10,17H2. The minimum atomic E-state index is -0.125. The molecule has 2 aliphatic rings. The zero-order valence-corrected chi connectivity index (χ0v) is 11.7. The van der Waals surface area contributed by atoms with Gasteiger partial charge in [-0.3, -0.25) is 0 Å². The van der Waals surface area contributed by atoms with Gasteiger partial charge in [0.05, 0.1) is 13.2 Å². The molecule has 0 aromatic heterocycles. The Balaban J connectivity index is 1.76. The second kappa shape index (κ2) is 5.41. The van der Waals surface area contributed by atoms with Gasteiger partial charge in [-0.15, -0.1) is 0 Å². The van der Waals surface area contributed by atoms with E-state index in [1.165, 1.54) is 12.0 Å². The topological polar surface area (TPSA) is 44.5 Å². The van der Waals surface area contributed by atoms with Crippen LogP contribution >= 0.6 is 11.6 Å². The molecule has 0 spiro atoms. The fourth-order valence-corrected chi connectivity index (χ4v) is 3.32. The maximum absolute atomic E-state index is 6.47. The lowest BCUT2D eigenvalue weighted by molar-refractivity contribution is -0.0587. The van der Waals surface area contributed by atoms with Crippen LogP contribution in [0.2, 0.25) is 5.02 Å². The van der Waals surface area contributed by atoms with E-state index >= 15 is 0 Å². The Morgan fingerprint density at radius 3 is 2.37 bits per heavy atom. The molecule has 3 rings (SSSR count). The van der Waals surface area contributed by atoms with Gasteiger partial charge in [0.2, 0.25) is 0 Å². The van der Waals surface area contributed by atoms with Crippen molar-refractivity contribution in [2.75, 3.05) is 13.2 Å². The quantitative estimate of drug-likeness (QED) is 0.923. The molecule has 4 heteroatoms. The molecular formula is C15H20ClNO2. The van der Waals surface area contributed by atoms with Crippen molar-refractivity contribution < 1.29 is 9.47 Å². The van der Waals surface area contributed by atoms with E-state index in [4.69, 9.17) is 26.8 Å². The van der Waals surface area contributed by atoms with E-state index in [-0.39, 0.29) is 17.7 Å². The van der Waals surface area contributed by atoms with Gasteiger partial charge in [-0.1, -0.05) is 30.2 Å². The number of ether oxygens (including phenoxy) is 2. The highest BCUT2D eigenvalue weighted by atomic mass is 35.5. The predicted octanol–water partition coefficient (Wildman–Crippen LogP) is 2.85. The lowest BCUT2D eigenvalue weighted by atomic mass is 9.59. The van der Waals surface area contributed by atoms with Crippen LogP contribution < -0.4 is 5.73 Å². The minimum Gasteiger partial charge on any atom is -0.350 e. The van der Waals surface area contributed by atoms with Crippen molar-refractivity contribution in [2.24, 2.45) is 5.73 Å². The SMILES string of the molecule is NC(CC1OCCO1)C1(c2ccc(Cl)cc2)CCC1. The van der Waals surface area contributed by atoms with Gasteiger partial charge in [0.25, 0.3) is 0 Å². The van der Waals surface area contributed by atoms with E-state index < -0.39 is 0 Å². The molecule has 1 aliphatic heterocycles. The summed E-state index contributed by atoms with van der Waals surface area (Å²) in [6.45, 7) is 1.37. The fourth-order valence-electron chi connectivity index (χ4n) is 3.19. The average Bonchev–Trinajstić information content (AvgIpc) is 2.83. The van der Waals surface area contributed by atoms with Crippen molar-refractivity contribution in [2.45, 2.75) is 43.4 Å². The van der Waals surface area contributed by atoms with Crippen molar-refractivity contribution in [1.29, 1.82) is 0 Å². The first-order valence-corrected chi connectivity index (χ1v) is 7.33. The molecule has 1 aromatic carbocycles. The second-order valence-corrected chi connectivity index (χ2v) is 5.97. The molecule has 1 aromatic rings. The number of nitrogens with two attached hydrogens (primary N) is 1. The summed E-state index contributed by atoms with van der Waals surface area (Å²) in [6.07, 6.45) is 4.16. The third-order valence-corrected chi connectivity index (χ3v) is 4.76. The molecule has 1 atom stereocenters. The summed E-state index contributed by atoms with van der Waals surface area (Å²) < 4.78 is 11.0. The molecular weight excluding hydrogens is 262 g/mol. The van der Waals surface area contributed by atoms with E-state index in [2.05, 4.69) is 12.1 Å². The van der Waals surface area contributed by atoms with Crippen LogP contribution in [0.4, 0.5) is 0 Å². The molecule has 19 heavy (non-hydrogen) atoms. The van der Waals surface area contributed by atoms with Gasteiger partial charge in [-0.25, -0.2) is 0 Å². The van der Waals surface area contributed by atoms with E-state index in [1.807, 2.05) is 12.1 Å². The highest BCUT2D eigenvalue weighted by molar-refractivity contribution is 6.30. The van der Waals surface area contributed by atoms with Crippen molar-refractivity contribution in [3.8, 4) is 0 Å². The number of rotatable bonds is 4. The summed E-state index contributed by atoms with van der Waals surface area (Å²) in [6, 6.07) is 8.19. The Morgan fingerprint density at radius 2 is 1.84 bits per heavy atom. The van der Waals surface area contributed by atoms with E-state index in [1.54, 1.807) is 0 Å². The van der Waals surface area contributed by atoms with Gasteiger partial charge < -0.3 is 15.2 Å². The Kier molecular flexibility index (Phi) is 3.81. The minimum absolute atomic E-state index is 0.0746. The van der Waals surface area contributed by atoms with Gasteiger partial charge in [-0.05, 0) is 30.5 Å². The molecule has 3 nitrogen and oxygen atoms in total. The molecule has 2 fully saturated rings. The van der Waals surface area contributed by atoms with Crippen molar-refractivity contribution in [3.05, 3.63) is 34.9 Å². The molecule has 1 heterocycles. The van der Waals surface area contributed by atoms with Gasteiger partial charge >= 0.3 is 0 Å². The van der Waals surface area contributed by atoms with Gasteiger partial charge in [0.15, 0.2) is 6.29 Å². The highest BCUT2D eigenvalue weighted by Crippen LogP contribution is 2.47. The lowest BCUT2D eigenvalue weighted by Crippen LogP contribution is -2.51. The summed E-state index contributed by atoms with van der Waals surface area (Å²) in [5, 5.41) is 0.772. The van der Waals surface area contributed by atoms with Crippen LogP contribution in [0.5, 0.6) is 0 Å². The normalized spacial score (nSPS) is 24.1. The van der Waals surface area contributed by atoms with E-state index in [0.717, 1.165) is 24.3 Å². The molecule has 1 saturated heterocycles. The van der Waals surface area contributed by atoms with Gasteiger partial charge in [0.1, 0.15) is 0 Å². The molecule has 1 unspecified atom stereocenters. The summed E-state index contributed by atoms with van der Waals surface area (Å²) in [7, 11) is 0. The third kappa shape index (κ3) is 2.52. The largest absolute Gasteiger partial charge is 0.350 e. The van der Waals surface area contributed by atoms with Crippen molar-refractivity contribution >= 4 is 11.6 Å². The number of halogens is 1. The Bertz CT molecular complexity index is 424. The first-order valence-electron chi connectivity index (χ1n) is 6.95. The monoisotopic (exact) mass is 281 g/mol. The fraction of sp³-hybridized carbons (Fsp3) is 0.600. The lowest BCUT2D eigenvalue weighted by Gasteiger charge is -2.47. The third-order valence-electron chi connectivity index (χ3n) is 4.51. The first kappa shape index (κ1) is 13.4. The number of hydrogen-bond donors (Lipinski definition) is 1. The summed E-state index contributed by atoms with van der Waals surface area (Å²) in [5.41, 5.74) is 7.85. The smallest absolute Gasteiger partial charge is 0.159 e. The van der Waals surface area contributed by atoms with Crippen LogP contribution in [0.15, 0.2) is 24.3 Å². The zero-order chi connectivity index (χ0) is 13.3. The Morgan fingerprint density at radius 1 is 1.21 bits per heavy atom. The molecule has 1 saturated carbocycles. The van der Waals surface area contributed by atoms with Crippen LogP contribution in [-0.4, -0.2) is 25.5 Å². The van der Waals surface area contributed by atoms with Crippen molar-refractivity contribution in [1.82, 2.24) is 0 Å². The van der Waals surface area contributed by atoms with Crippen LogP contribution in [-0.2, 0) is 14.9 Å². The number of hydrogen-bond acceptors (Lipinski definition) is 3. The number of benzene rings is 1. The molecule has 0 bridgehead atoms. The highest BCUT2D eigenvalue weighted by Gasteiger charge is 2.44. The molecule has 0 radical (unpaired) electrons. The summed E-state index contributed by atoms with van der Waals surface area (Å²) in [4.78, 5) is 0. The van der Waals surface area contributed by atoms with Crippen LogP contribution in [0, 0.1) is 0 Å². The first-order chi connectivity index (χ1) is 9.21. The molecule has 2 N–H and O–H groups in total. The average molecular weight is 282 g/mol. The maximum Gasteiger partial charge on any atom is 0.159 e.